The zero-order valence-electron chi connectivity index (χ0n) is 19.8. The number of nitrogens with zero attached hydrogens (tertiary/aromatic N) is 1. The first kappa shape index (κ1) is 24.9. The number of carbonyl (C=O) groups is 1. The van der Waals surface area contributed by atoms with E-state index >= 15 is 0 Å². The largest absolute Gasteiger partial charge is 0.496 e. The van der Waals surface area contributed by atoms with Crippen molar-refractivity contribution in [1.82, 2.24) is 0 Å². The Morgan fingerprint density at radius 1 is 1.09 bits per heavy atom. The fraction of sp³-hybridized carbons (Fsp3) is 0.269. The third-order valence-corrected chi connectivity index (χ3v) is 8.08. The van der Waals surface area contributed by atoms with Crippen molar-refractivity contribution in [2.75, 3.05) is 24.6 Å². The Hall–Kier alpha value is -3.23. The van der Waals surface area contributed by atoms with Gasteiger partial charge >= 0.3 is 5.97 Å². The van der Waals surface area contributed by atoms with E-state index in [4.69, 9.17) is 26.2 Å². The zero-order valence-corrected chi connectivity index (χ0v) is 21.4. The summed E-state index contributed by atoms with van der Waals surface area (Å²) in [5.74, 6) is -0.138. The molecule has 4 rings (SSSR count). The molecule has 0 amide bonds. The molecule has 0 spiro atoms. The summed E-state index contributed by atoms with van der Waals surface area (Å²) in [7, 11) is -2.29. The first-order valence-electron chi connectivity index (χ1n) is 10.9. The normalized spacial score (nSPS) is 14.5. The molecule has 0 atom stereocenters. The number of fused-ring (bicyclic) bond motifs is 1. The lowest BCUT2D eigenvalue weighted by Gasteiger charge is -2.22. The summed E-state index contributed by atoms with van der Waals surface area (Å²) in [6.07, 6.45) is 0. The van der Waals surface area contributed by atoms with E-state index in [0.717, 1.165) is 16.7 Å². The van der Waals surface area contributed by atoms with Crippen LogP contribution in [0.15, 0.2) is 59.5 Å². The Kier molecular flexibility index (Phi) is 6.46. The molecule has 9 heteroatoms. The van der Waals surface area contributed by atoms with Crippen LogP contribution >= 0.6 is 11.6 Å². The summed E-state index contributed by atoms with van der Waals surface area (Å²) in [6, 6.07) is 15.6. The Bertz CT molecular complexity index is 1420. The Morgan fingerprint density at radius 2 is 1.83 bits per heavy atom. The Labute approximate surface area is 209 Å². The number of methoxy groups -OCH3 is 1. The SMILES string of the molecule is COc1cc(Cl)ccc1-c1ccc2c(c1)C(C)(C)CN2S(=O)(=O)c1ccc(OCC(=O)O)c(C)c1. The maximum atomic E-state index is 13.7. The molecule has 3 aromatic rings. The first-order chi connectivity index (χ1) is 16.4. The maximum absolute atomic E-state index is 13.7. The average molecular weight is 516 g/mol. The van der Waals surface area contributed by atoms with E-state index in [9.17, 15) is 13.2 Å². The number of carboxylic acid groups (broad SMARTS) is 1. The van der Waals surface area contributed by atoms with Gasteiger partial charge in [0, 0.05) is 22.5 Å². The van der Waals surface area contributed by atoms with Crippen molar-refractivity contribution in [3.63, 3.8) is 0 Å². The molecule has 7 nitrogen and oxygen atoms in total. The van der Waals surface area contributed by atoms with E-state index in [0.29, 0.717) is 27.8 Å². The molecule has 0 bridgehead atoms. The molecule has 0 fully saturated rings. The van der Waals surface area contributed by atoms with Crippen molar-refractivity contribution in [2.24, 2.45) is 0 Å². The van der Waals surface area contributed by atoms with E-state index in [1.54, 1.807) is 26.2 Å². The van der Waals surface area contributed by atoms with Gasteiger partial charge in [-0.2, -0.15) is 0 Å². The van der Waals surface area contributed by atoms with E-state index in [-0.39, 0.29) is 11.4 Å². The van der Waals surface area contributed by atoms with Gasteiger partial charge < -0.3 is 14.6 Å². The van der Waals surface area contributed by atoms with Crippen molar-refractivity contribution < 1.29 is 27.8 Å². The highest BCUT2D eigenvalue weighted by Crippen LogP contribution is 2.46. The van der Waals surface area contributed by atoms with Crippen LogP contribution in [0.4, 0.5) is 5.69 Å². The van der Waals surface area contributed by atoms with E-state index in [1.807, 2.05) is 38.1 Å². The van der Waals surface area contributed by atoms with Crippen LogP contribution < -0.4 is 13.8 Å². The lowest BCUT2D eigenvalue weighted by atomic mass is 9.85. The topological polar surface area (TPSA) is 93.1 Å². The number of aryl methyl sites for hydroxylation is 1. The summed E-state index contributed by atoms with van der Waals surface area (Å²) in [5.41, 5.74) is 3.41. The van der Waals surface area contributed by atoms with Gasteiger partial charge in [-0.1, -0.05) is 31.5 Å². The molecule has 1 N–H and O–H groups in total. The van der Waals surface area contributed by atoms with Gasteiger partial charge in [0.15, 0.2) is 6.61 Å². The fourth-order valence-electron chi connectivity index (χ4n) is 4.32. The molecular formula is C26H26ClNO6S. The minimum Gasteiger partial charge on any atom is -0.496 e. The number of aliphatic carboxylic acids is 1. The minimum absolute atomic E-state index is 0.116. The molecule has 1 aliphatic rings. The van der Waals surface area contributed by atoms with Gasteiger partial charge in [0.25, 0.3) is 10.0 Å². The summed E-state index contributed by atoms with van der Waals surface area (Å²) < 4.78 is 39.5. The average Bonchev–Trinajstić information content (AvgIpc) is 3.09. The molecule has 0 saturated carbocycles. The standard InChI is InChI=1S/C26H26ClNO6S/c1-16-11-19(7-10-23(16)34-14-25(29)30)35(31,32)28-15-26(2,3)21-12-17(5-9-22(21)28)20-8-6-18(27)13-24(20)33-4/h5-13H,14-15H2,1-4H3,(H,29,30). The number of halogens is 1. The van der Waals surface area contributed by atoms with Gasteiger partial charge in [-0.15, -0.1) is 0 Å². The number of rotatable bonds is 7. The van der Waals surface area contributed by atoms with Gasteiger partial charge in [0.2, 0.25) is 0 Å². The van der Waals surface area contributed by atoms with Crippen molar-refractivity contribution in [1.29, 1.82) is 0 Å². The number of benzene rings is 3. The third kappa shape index (κ3) is 4.68. The summed E-state index contributed by atoms with van der Waals surface area (Å²) >= 11 is 6.11. The second-order valence-electron chi connectivity index (χ2n) is 9.08. The van der Waals surface area contributed by atoms with E-state index < -0.39 is 28.0 Å². The number of sulfonamides is 1. The second-order valence-corrected chi connectivity index (χ2v) is 11.4. The van der Waals surface area contributed by atoms with Crippen LogP contribution in [0.5, 0.6) is 11.5 Å². The van der Waals surface area contributed by atoms with Gasteiger partial charge in [-0.25, -0.2) is 13.2 Å². The molecular weight excluding hydrogens is 490 g/mol. The Balaban J connectivity index is 1.73. The molecule has 1 heterocycles. The van der Waals surface area contributed by atoms with Gasteiger partial charge in [-0.05, 0) is 72.1 Å². The van der Waals surface area contributed by atoms with Crippen LogP contribution in [0.3, 0.4) is 0 Å². The number of ether oxygens (including phenoxy) is 2. The van der Waals surface area contributed by atoms with Crippen LogP contribution in [0.1, 0.15) is 25.0 Å². The molecule has 0 unspecified atom stereocenters. The van der Waals surface area contributed by atoms with Gasteiger partial charge in [-0.3, -0.25) is 4.31 Å². The first-order valence-corrected chi connectivity index (χ1v) is 12.7. The van der Waals surface area contributed by atoms with E-state index in [1.165, 1.54) is 22.5 Å². The molecule has 1 aliphatic heterocycles. The number of hydrogen-bond donors (Lipinski definition) is 1. The number of hydrogen-bond acceptors (Lipinski definition) is 5. The highest BCUT2D eigenvalue weighted by molar-refractivity contribution is 7.92. The molecule has 3 aromatic carbocycles. The highest BCUT2D eigenvalue weighted by atomic mass is 35.5. The number of carboxylic acids is 1. The van der Waals surface area contributed by atoms with Crippen LogP contribution in [-0.4, -0.2) is 39.8 Å². The van der Waals surface area contributed by atoms with Crippen LogP contribution in [0.2, 0.25) is 5.02 Å². The molecule has 0 aliphatic carbocycles. The van der Waals surface area contributed by atoms with Crippen molar-refractivity contribution in [2.45, 2.75) is 31.1 Å². The quantitative estimate of drug-likeness (QED) is 0.460. The molecule has 184 valence electrons. The Morgan fingerprint density at radius 3 is 2.49 bits per heavy atom. The van der Waals surface area contributed by atoms with Crippen LogP contribution in [-0.2, 0) is 20.2 Å². The highest BCUT2D eigenvalue weighted by Gasteiger charge is 2.41. The third-order valence-electron chi connectivity index (χ3n) is 6.09. The summed E-state index contributed by atoms with van der Waals surface area (Å²) in [6.45, 7) is 5.49. The molecule has 0 radical (unpaired) electrons. The molecule has 0 saturated heterocycles. The molecule has 35 heavy (non-hydrogen) atoms. The second kappa shape index (κ2) is 9.09. The monoisotopic (exact) mass is 515 g/mol. The zero-order chi connectivity index (χ0) is 25.5. The fourth-order valence-corrected chi connectivity index (χ4v) is 6.21. The van der Waals surface area contributed by atoms with Crippen LogP contribution in [0.25, 0.3) is 11.1 Å². The lowest BCUT2D eigenvalue weighted by molar-refractivity contribution is -0.139. The van der Waals surface area contributed by atoms with Gasteiger partial charge in [0.1, 0.15) is 11.5 Å². The maximum Gasteiger partial charge on any atom is 0.341 e. The van der Waals surface area contributed by atoms with Crippen molar-refractivity contribution >= 4 is 33.3 Å². The summed E-state index contributed by atoms with van der Waals surface area (Å²) in [4.78, 5) is 10.9. The van der Waals surface area contributed by atoms with Crippen molar-refractivity contribution in [3.05, 3.63) is 70.7 Å². The predicted octanol–water partition coefficient (Wildman–Crippen LogP) is 5.27. The summed E-state index contributed by atoms with van der Waals surface area (Å²) in [5, 5.41) is 9.40. The van der Waals surface area contributed by atoms with Crippen LogP contribution in [0, 0.1) is 6.92 Å². The van der Waals surface area contributed by atoms with Crippen molar-refractivity contribution in [3.8, 4) is 22.6 Å². The molecule has 0 aromatic heterocycles. The van der Waals surface area contributed by atoms with Gasteiger partial charge in [0.05, 0.1) is 17.7 Å². The predicted molar refractivity (Wildman–Crippen MR) is 135 cm³/mol. The lowest BCUT2D eigenvalue weighted by Crippen LogP contribution is -2.34. The van der Waals surface area contributed by atoms with E-state index in [2.05, 4.69) is 0 Å². The number of anilines is 1. The minimum atomic E-state index is -3.87. The smallest absolute Gasteiger partial charge is 0.341 e.